The maximum Gasteiger partial charge on any atom is 0.344 e. The third kappa shape index (κ3) is 5.62. The monoisotopic (exact) mass is 298 g/mol. The van der Waals surface area contributed by atoms with E-state index in [4.69, 9.17) is 0 Å². The van der Waals surface area contributed by atoms with E-state index in [2.05, 4.69) is 9.47 Å². The Hall–Kier alpha value is -0.590. The zero-order valence-electron chi connectivity index (χ0n) is 7.50. The van der Waals surface area contributed by atoms with Crippen molar-refractivity contribution in [2.75, 3.05) is 13.2 Å². The minimum absolute atomic E-state index is 0.220. The summed E-state index contributed by atoms with van der Waals surface area (Å²) in [7, 11) is 0. The third-order valence-corrected chi connectivity index (χ3v) is 1.75. The highest BCUT2D eigenvalue weighted by Crippen LogP contribution is 2.08. The minimum atomic E-state index is -0.528. The highest BCUT2D eigenvalue weighted by atomic mass is 127. The highest BCUT2D eigenvalue weighted by Gasteiger charge is 2.08. The van der Waals surface area contributed by atoms with Crippen LogP contribution in [0.15, 0.2) is 9.66 Å². The van der Waals surface area contributed by atoms with Gasteiger partial charge in [0.05, 0.1) is 13.2 Å². The lowest BCUT2D eigenvalue weighted by molar-refractivity contribution is -0.140. The minimum Gasteiger partial charge on any atom is -0.463 e. The molecule has 0 saturated carbocycles. The molecule has 0 aromatic carbocycles. The quantitative estimate of drug-likeness (QED) is 0.447. The van der Waals surface area contributed by atoms with E-state index in [1.54, 1.807) is 36.4 Å². The van der Waals surface area contributed by atoms with Gasteiger partial charge in [-0.25, -0.2) is 9.59 Å². The van der Waals surface area contributed by atoms with Crippen LogP contribution in [0, 0.1) is 0 Å². The first-order chi connectivity index (χ1) is 6.11. The Kier molecular flexibility index (Phi) is 6.56. The fourth-order valence-corrected chi connectivity index (χ4v) is 0.956. The predicted molar refractivity (Wildman–Crippen MR) is 55.4 cm³/mol. The van der Waals surface area contributed by atoms with Gasteiger partial charge in [-0.05, 0) is 36.4 Å². The Morgan fingerprint density at radius 2 is 1.77 bits per heavy atom. The second-order valence-corrected chi connectivity index (χ2v) is 3.13. The van der Waals surface area contributed by atoms with E-state index in [-0.39, 0.29) is 3.58 Å². The second-order valence-electron chi connectivity index (χ2n) is 1.96. The third-order valence-electron chi connectivity index (χ3n) is 1.00. The fraction of sp³-hybridized carbons (Fsp3) is 0.500. The van der Waals surface area contributed by atoms with Gasteiger partial charge in [0, 0.05) is 6.08 Å². The van der Waals surface area contributed by atoms with Gasteiger partial charge in [-0.15, -0.1) is 0 Å². The average molecular weight is 298 g/mol. The molecule has 0 radical (unpaired) electrons. The topological polar surface area (TPSA) is 52.6 Å². The molecule has 13 heavy (non-hydrogen) atoms. The number of carbonyl (C=O) groups is 2. The van der Waals surface area contributed by atoms with Gasteiger partial charge in [0.2, 0.25) is 0 Å². The van der Waals surface area contributed by atoms with Crippen LogP contribution in [-0.4, -0.2) is 25.2 Å². The molecule has 0 aromatic rings. The Balaban J connectivity index is 4.14. The van der Waals surface area contributed by atoms with E-state index < -0.39 is 11.9 Å². The van der Waals surface area contributed by atoms with Gasteiger partial charge in [0.15, 0.2) is 0 Å². The lowest BCUT2D eigenvalue weighted by atomic mass is 10.5. The number of esters is 2. The Labute approximate surface area is 90.4 Å². The van der Waals surface area contributed by atoms with Crippen molar-refractivity contribution in [2.45, 2.75) is 13.8 Å². The van der Waals surface area contributed by atoms with E-state index in [1.807, 2.05) is 0 Å². The van der Waals surface area contributed by atoms with Crippen molar-refractivity contribution in [1.82, 2.24) is 0 Å². The maximum atomic E-state index is 11.0. The van der Waals surface area contributed by atoms with E-state index in [0.717, 1.165) is 6.08 Å². The van der Waals surface area contributed by atoms with E-state index >= 15 is 0 Å². The van der Waals surface area contributed by atoms with Gasteiger partial charge in [0.1, 0.15) is 3.58 Å². The molecule has 5 heteroatoms. The summed E-state index contributed by atoms with van der Waals surface area (Å²) in [6, 6.07) is 0. The molecule has 0 unspecified atom stereocenters. The maximum absolute atomic E-state index is 11.0. The lowest BCUT2D eigenvalue weighted by Gasteiger charge is -1.99. The predicted octanol–water partition coefficient (Wildman–Crippen LogP) is 1.43. The Bertz CT molecular complexity index is 222. The fourth-order valence-electron chi connectivity index (χ4n) is 0.546. The average Bonchev–Trinajstić information content (AvgIpc) is 2.05. The van der Waals surface area contributed by atoms with Crippen LogP contribution in [0.2, 0.25) is 0 Å². The van der Waals surface area contributed by atoms with Crippen LogP contribution in [-0.2, 0) is 19.1 Å². The number of ether oxygens (including phenoxy) is 2. The molecule has 4 nitrogen and oxygen atoms in total. The first-order valence-electron chi connectivity index (χ1n) is 3.82. The summed E-state index contributed by atoms with van der Waals surface area (Å²) in [5, 5.41) is 0. The molecular weight excluding hydrogens is 287 g/mol. The summed E-state index contributed by atoms with van der Waals surface area (Å²) < 4.78 is 9.49. The molecule has 0 rings (SSSR count). The van der Waals surface area contributed by atoms with Gasteiger partial charge in [-0.3, -0.25) is 0 Å². The molecule has 74 valence electrons. The number of carbonyl (C=O) groups excluding carboxylic acids is 2. The molecule has 0 bridgehead atoms. The summed E-state index contributed by atoms with van der Waals surface area (Å²) in [6.07, 6.45) is 1.11. The van der Waals surface area contributed by atoms with Gasteiger partial charge in [-0.2, -0.15) is 0 Å². The van der Waals surface area contributed by atoms with Crippen molar-refractivity contribution in [2.24, 2.45) is 0 Å². The lowest BCUT2D eigenvalue weighted by Crippen LogP contribution is -2.07. The van der Waals surface area contributed by atoms with Crippen molar-refractivity contribution in [3.8, 4) is 0 Å². The summed E-state index contributed by atoms with van der Waals surface area (Å²) in [6.45, 7) is 3.99. The summed E-state index contributed by atoms with van der Waals surface area (Å²) in [4.78, 5) is 21.8. The van der Waals surface area contributed by atoms with Gasteiger partial charge < -0.3 is 9.47 Å². The van der Waals surface area contributed by atoms with E-state index in [1.165, 1.54) is 0 Å². The van der Waals surface area contributed by atoms with Crippen molar-refractivity contribution in [1.29, 1.82) is 0 Å². The van der Waals surface area contributed by atoms with Crippen molar-refractivity contribution < 1.29 is 19.1 Å². The highest BCUT2D eigenvalue weighted by molar-refractivity contribution is 14.1. The van der Waals surface area contributed by atoms with Crippen molar-refractivity contribution in [3.63, 3.8) is 0 Å². The van der Waals surface area contributed by atoms with Gasteiger partial charge >= 0.3 is 11.9 Å². The first-order valence-corrected chi connectivity index (χ1v) is 4.90. The SMILES string of the molecule is CCOC(=O)C=C(I)C(=O)OCC. The molecule has 0 saturated heterocycles. The summed E-state index contributed by atoms with van der Waals surface area (Å²) in [5.74, 6) is -1.03. The molecule has 0 aliphatic carbocycles. The smallest absolute Gasteiger partial charge is 0.344 e. The zero-order valence-corrected chi connectivity index (χ0v) is 9.66. The van der Waals surface area contributed by atoms with Crippen LogP contribution < -0.4 is 0 Å². The molecule has 0 N–H and O–H groups in total. The largest absolute Gasteiger partial charge is 0.463 e. The van der Waals surface area contributed by atoms with E-state index in [9.17, 15) is 9.59 Å². The van der Waals surface area contributed by atoms with Gasteiger partial charge in [-0.1, -0.05) is 0 Å². The molecule has 0 aromatic heterocycles. The summed E-state index contributed by atoms with van der Waals surface area (Å²) >= 11 is 1.73. The van der Waals surface area contributed by atoms with Crippen molar-refractivity contribution in [3.05, 3.63) is 9.66 Å². The summed E-state index contributed by atoms with van der Waals surface area (Å²) in [5.41, 5.74) is 0. The van der Waals surface area contributed by atoms with Gasteiger partial charge in [0.25, 0.3) is 0 Å². The van der Waals surface area contributed by atoms with Crippen LogP contribution in [0.4, 0.5) is 0 Å². The number of halogens is 1. The number of hydrogen-bond donors (Lipinski definition) is 0. The molecule has 0 aliphatic heterocycles. The molecule has 0 fully saturated rings. The second kappa shape index (κ2) is 6.88. The zero-order chi connectivity index (χ0) is 10.3. The van der Waals surface area contributed by atoms with Crippen molar-refractivity contribution >= 4 is 34.5 Å². The van der Waals surface area contributed by atoms with Crippen LogP contribution in [0.25, 0.3) is 0 Å². The standard InChI is InChI=1S/C8H11IO4/c1-3-12-7(10)5-6(9)8(11)13-4-2/h5H,3-4H2,1-2H3. The Morgan fingerprint density at radius 3 is 2.23 bits per heavy atom. The number of rotatable bonds is 4. The van der Waals surface area contributed by atoms with Crippen LogP contribution in [0.3, 0.4) is 0 Å². The number of hydrogen-bond acceptors (Lipinski definition) is 4. The van der Waals surface area contributed by atoms with Crippen LogP contribution in [0.1, 0.15) is 13.8 Å². The first kappa shape index (κ1) is 12.4. The normalized spacial score (nSPS) is 10.8. The molecule has 0 aliphatic rings. The molecule has 0 atom stereocenters. The molecule has 0 amide bonds. The molecular formula is C8H11IO4. The molecule has 0 heterocycles. The Morgan fingerprint density at radius 1 is 1.23 bits per heavy atom. The van der Waals surface area contributed by atoms with Crippen LogP contribution >= 0.6 is 22.6 Å². The molecule has 0 spiro atoms. The van der Waals surface area contributed by atoms with Crippen LogP contribution in [0.5, 0.6) is 0 Å². The van der Waals surface area contributed by atoms with E-state index in [0.29, 0.717) is 13.2 Å².